The van der Waals surface area contributed by atoms with Crippen LogP contribution in [0.2, 0.25) is 0 Å². The highest BCUT2D eigenvalue weighted by Crippen LogP contribution is 2.28. The zero-order valence-corrected chi connectivity index (χ0v) is 11.1. The fourth-order valence-electron chi connectivity index (χ4n) is 2.49. The van der Waals surface area contributed by atoms with Gasteiger partial charge in [0.05, 0.1) is 11.8 Å². The zero-order chi connectivity index (χ0) is 12.5. The maximum atomic E-state index is 5.73. The number of aromatic nitrogens is 2. The van der Waals surface area contributed by atoms with Crippen molar-refractivity contribution in [1.82, 2.24) is 15.1 Å². The van der Waals surface area contributed by atoms with Crippen LogP contribution in [0.4, 0.5) is 5.82 Å². The number of hydrogen-bond donors (Lipinski definition) is 1. The van der Waals surface area contributed by atoms with E-state index in [1.54, 1.807) is 6.20 Å². The quantitative estimate of drug-likeness (QED) is 0.796. The van der Waals surface area contributed by atoms with Crippen molar-refractivity contribution in [2.24, 2.45) is 5.73 Å². The van der Waals surface area contributed by atoms with Crippen LogP contribution in [0.15, 0.2) is 12.3 Å². The number of thiocarbonyl (C=S) groups is 1. The van der Waals surface area contributed by atoms with Gasteiger partial charge in [0.15, 0.2) is 5.82 Å². The number of piperazine rings is 1. The predicted molar refractivity (Wildman–Crippen MR) is 74.7 cm³/mol. The lowest BCUT2D eigenvalue weighted by atomic mass is 10.2. The Morgan fingerprint density at radius 3 is 2.61 bits per heavy atom. The summed E-state index contributed by atoms with van der Waals surface area (Å²) in [6.07, 6.45) is 4.37. The first-order valence-electron chi connectivity index (χ1n) is 6.36. The molecule has 0 amide bonds. The van der Waals surface area contributed by atoms with E-state index in [0.717, 1.165) is 43.6 Å². The van der Waals surface area contributed by atoms with Gasteiger partial charge < -0.3 is 10.6 Å². The minimum atomic E-state index is 0.393. The van der Waals surface area contributed by atoms with Gasteiger partial charge in [-0.05, 0) is 18.9 Å². The van der Waals surface area contributed by atoms with Crippen LogP contribution in [-0.2, 0) is 0 Å². The van der Waals surface area contributed by atoms with Crippen LogP contribution in [0.1, 0.15) is 18.4 Å². The van der Waals surface area contributed by atoms with Crippen LogP contribution >= 0.6 is 12.2 Å². The molecule has 2 heterocycles. The highest BCUT2D eigenvalue weighted by Gasteiger charge is 2.31. The molecule has 1 aromatic rings. The van der Waals surface area contributed by atoms with Gasteiger partial charge in [-0.25, -0.2) is 0 Å². The second-order valence-corrected chi connectivity index (χ2v) is 5.33. The van der Waals surface area contributed by atoms with Crippen LogP contribution in [0.25, 0.3) is 0 Å². The van der Waals surface area contributed by atoms with Crippen molar-refractivity contribution < 1.29 is 0 Å². The van der Waals surface area contributed by atoms with Gasteiger partial charge in [-0.3, -0.25) is 4.90 Å². The second-order valence-electron chi connectivity index (χ2n) is 4.89. The Hall–Kier alpha value is -1.27. The molecule has 0 radical (unpaired) electrons. The van der Waals surface area contributed by atoms with Crippen LogP contribution < -0.4 is 10.6 Å². The maximum Gasteiger partial charge on any atom is 0.161 e. The molecule has 0 spiro atoms. The van der Waals surface area contributed by atoms with Gasteiger partial charge in [-0.15, -0.1) is 5.10 Å². The molecule has 5 nitrogen and oxygen atoms in total. The highest BCUT2D eigenvalue weighted by molar-refractivity contribution is 7.80. The summed E-state index contributed by atoms with van der Waals surface area (Å²) < 4.78 is 0. The minimum Gasteiger partial charge on any atom is -0.389 e. The highest BCUT2D eigenvalue weighted by atomic mass is 32.1. The summed E-state index contributed by atoms with van der Waals surface area (Å²) in [6, 6.07) is 2.68. The Labute approximate surface area is 112 Å². The zero-order valence-electron chi connectivity index (χ0n) is 10.2. The SMILES string of the molecule is NC(=S)c1ccnnc1N1CCN(C2CC2)CC1. The lowest BCUT2D eigenvalue weighted by molar-refractivity contribution is 0.247. The topological polar surface area (TPSA) is 58.3 Å². The minimum absolute atomic E-state index is 0.393. The molecule has 2 fully saturated rings. The van der Waals surface area contributed by atoms with Crippen LogP contribution in [0.5, 0.6) is 0 Å². The summed E-state index contributed by atoms with van der Waals surface area (Å²) in [4.78, 5) is 5.19. The molecule has 1 saturated heterocycles. The Morgan fingerprint density at radius 2 is 2.00 bits per heavy atom. The van der Waals surface area contributed by atoms with E-state index in [2.05, 4.69) is 20.0 Å². The van der Waals surface area contributed by atoms with Gasteiger partial charge in [-0.2, -0.15) is 5.10 Å². The summed E-state index contributed by atoms with van der Waals surface area (Å²) in [5, 5.41) is 8.15. The van der Waals surface area contributed by atoms with Crippen LogP contribution in [-0.4, -0.2) is 52.3 Å². The van der Waals surface area contributed by atoms with Crippen LogP contribution in [0.3, 0.4) is 0 Å². The molecule has 6 heteroatoms. The number of nitrogens with zero attached hydrogens (tertiary/aromatic N) is 4. The molecule has 1 saturated carbocycles. The molecule has 2 aliphatic rings. The lowest BCUT2D eigenvalue weighted by Gasteiger charge is -2.35. The van der Waals surface area contributed by atoms with Gasteiger partial charge >= 0.3 is 0 Å². The number of nitrogens with two attached hydrogens (primary N) is 1. The van der Waals surface area contributed by atoms with Gasteiger partial charge in [0, 0.05) is 32.2 Å². The first kappa shape index (κ1) is 11.8. The Bertz CT molecular complexity index is 452. The van der Waals surface area contributed by atoms with E-state index in [-0.39, 0.29) is 0 Å². The van der Waals surface area contributed by atoms with Crippen molar-refractivity contribution >= 4 is 23.0 Å². The molecule has 2 N–H and O–H groups in total. The Balaban J connectivity index is 1.73. The van der Waals surface area contributed by atoms with Gasteiger partial charge in [0.1, 0.15) is 4.99 Å². The third-order valence-corrected chi connectivity index (χ3v) is 3.86. The molecule has 0 aromatic carbocycles. The van der Waals surface area contributed by atoms with Gasteiger partial charge in [0.2, 0.25) is 0 Å². The molecule has 1 aliphatic carbocycles. The van der Waals surface area contributed by atoms with Gasteiger partial charge in [0.25, 0.3) is 0 Å². The Morgan fingerprint density at radius 1 is 1.28 bits per heavy atom. The van der Waals surface area contributed by atoms with E-state index in [9.17, 15) is 0 Å². The molecule has 0 bridgehead atoms. The molecule has 3 rings (SSSR count). The van der Waals surface area contributed by atoms with Crippen molar-refractivity contribution in [2.45, 2.75) is 18.9 Å². The monoisotopic (exact) mass is 263 g/mol. The van der Waals surface area contributed by atoms with E-state index < -0.39 is 0 Å². The number of hydrogen-bond acceptors (Lipinski definition) is 5. The summed E-state index contributed by atoms with van der Waals surface area (Å²) >= 11 is 5.07. The van der Waals surface area contributed by atoms with Crippen molar-refractivity contribution in [3.05, 3.63) is 17.8 Å². The number of rotatable bonds is 3. The molecule has 1 aromatic heterocycles. The van der Waals surface area contributed by atoms with Crippen molar-refractivity contribution in [2.75, 3.05) is 31.1 Å². The average Bonchev–Trinajstić information content (AvgIpc) is 3.23. The molecule has 1 aliphatic heterocycles. The molecule has 18 heavy (non-hydrogen) atoms. The summed E-state index contributed by atoms with van der Waals surface area (Å²) in [5.41, 5.74) is 6.57. The normalized spacial score (nSPS) is 21.0. The summed E-state index contributed by atoms with van der Waals surface area (Å²) in [7, 11) is 0. The van der Waals surface area contributed by atoms with Gasteiger partial charge in [-0.1, -0.05) is 12.2 Å². The van der Waals surface area contributed by atoms with E-state index in [1.807, 2.05) is 6.07 Å². The number of anilines is 1. The van der Waals surface area contributed by atoms with E-state index in [1.165, 1.54) is 12.8 Å². The lowest BCUT2D eigenvalue weighted by Crippen LogP contribution is -2.48. The molecule has 96 valence electrons. The van der Waals surface area contributed by atoms with Crippen molar-refractivity contribution in [3.8, 4) is 0 Å². The summed E-state index contributed by atoms with van der Waals surface area (Å²) in [5.74, 6) is 0.834. The first-order chi connectivity index (χ1) is 8.75. The third-order valence-electron chi connectivity index (χ3n) is 3.64. The largest absolute Gasteiger partial charge is 0.389 e. The first-order valence-corrected chi connectivity index (χ1v) is 6.77. The average molecular weight is 263 g/mol. The Kier molecular flexibility index (Phi) is 3.13. The fourth-order valence-corrected chi connectivity index (χ4v) is 2.65. The van der Waals surface area contributed by atoms with Crippen molar-refractivity contribution in [3.63, 3.8) is 0 Å². The third kappa shape index (κ3) is 2.30. The molecular weight excluding hydrogens is 246 g/mol. The molecule has 0 unspecified atom stereocenters. The summed E-state index contributed by atoms with van der Waals surface area (Å²) in [6.45, 7) is 4.14. The van der Waals surface area contributed by atoms with E-state index >= 15 is 0 Å². The second kappa shape index (κ2) is 4.78. The van der Waals surface area contributed by atoms with E-state index in [4.69, 9.17) is 18.0 Å². The molecule has 0 atom stereocenters. The van der Waals surface area contributed by atoms with Crippen molar-refractivity contribution in [1.29, 1.82) is 0 Å². The smallest absolute Gasteiger partial charge is 0.161 e. The standard InChI is InChI=1S/C12H17N5S/c13-11(18)10-3-4-14-15-12(10)17-7-5-16(6-8-17)9-1-2-9/h3-4,9H,1-2,5-8H2,(H2,13,18). The maximum absolute atomic E-state index is 5.73. The predicted octanol–water partition coefficient (Wildman–Crippen LogP) is 0.395. The molecular formula is C12H17N5S. The van der Waals surface area contributed by atoms with E-state index in [0.29, 0.717) is 4.99 Å². The fraction of sp³-hybridized carbons (Fsp3) is 0.583. The van der Waals surface area contributed by atoms with Crippen LogP contribution in [0, 0.1) is 0 Å².